The molecule has 0 unspecified atom stereocenters. The average molecular weight is 323 g/mol. The molecule has 0 aromatic heterocycles. The summed E-state index contributed by atoms with van der Waals surface area (Å²) < 4.78 is 1.18. The maximum atomic E-state index is 3.55. The number of nitrogens with one attached hydrogen (secondary N) is 1. The molecule has 1 saturated carbocycles. The van der Waals surface area contributed by atoms with Crippen LogP contribution in [0.25, 0.3) is 0 Å². The predicted octanol–water partition coefficient (Wildman–Crippen LogP) is 3.59. The van der Waals surface area contributed by atoms with Crippen LogP contribution < -0.4 is 5.32 Å². The Labute approximate surface area is 124 Å². The van der Waals surface area contributed by atoms with Gasteiger partial charge < -0.3 is 5.32 Å². The van der Waals surface area contributed by atoms with E-state index in [1.54, 1.807) is 0 Å². The molecule has 1 aromatic carbocycles. The average Bonchev–Trinajstić information content (AvgIpc) is 2.96. The maximum Gasteiger partial charge on any atom is 0.0377 e. The number of hydrogen-bond donors (Lipinski definition) is 1. The van der Waals surface area contributed by atoms with Gasteiger partial charge in [0.1, 0.15) is 0 Å². The van der Waals surface area contributed by atoms with Crippen LogP contribution >= 0.6 is 15.9 Å². The van der Waals surface area contributed by atoms with Gasteiger partial charge in [-0.3, -0.25) is 4.90 Å². The zero-order valence-electron chi connectivity index (χ0n) is 11.4. The first-order chi connectivity index (χ1) is 9.34. The Kier molecular flexibility index (Phi) is 4.57. The highest BCUT2D eigenvalue weighted by Gasteiger charge is 2.31. The van der Waals surface area contributed by atoms with Crippen LogP contribution in [0.15, 0.2) is 28.7 Å². The van der Waals surface area contributed by atoms with E-state index >= 15 is 0 Å². The van der Waals surface area contributed by atoms with E-state index in [1.165, 1.54) is 48.8 Å². The van der Waals surface area contributed by atoms with Crippen molar-refractivity contribution >= 4 is 15.9 Å². The normalized spacial score (nSPS) is 23.6. The third kappa shape index (κ3) is 3.21. The summed E-state index contributed by atoms with van der Waals surface area (Å²) in [5, 5.41) is 3.47. The van der Waals surface area contributed by atoms with Crippen LogP contribution in [0.5, 0.6) is 0 Å². The van der Waals surface area contributed by atoms with E-state index in [4.69, 9.17) is 0 Å². The van der Waals surface area contributed by atoms with Crippen molar-refractivity contribution in [1.29, 1.82) is 0 Å². The number of piperazine rings is 1. The minimum atomic E-state index is 0.637. The highest BCUT2D eigenvalue weighted by molar-refractivity contribution is 9.10. The van der Waals surface area contributed by atoms with E-state index in [0.717, 1.165) is 19.0 Å². The van der Waals surface area contributed by atoms with Crippen LogP contribution in [0, 0.1) is 5.92 Å². The van der Waals surface area contributed by atoms with E-state index in [-0.39, 0.29) is 0 Å². The quantitative estimate of drug-likeness (QED) is 0.914. The Morgan fingerprint density at radius 3 is 2.32 bits per heavy atom. The standard InChI is InChI=1S/C16H23BrN2/c17-15-7-5-14(6-8-15)16(13-3-1-2-4-13)19-11-9-18-10-12-19/h5-8,13,16,18H,1-4,9-12H2/t16-/m1/s1. The second-order valence-electron chi connectivity index (χ2n) is 5.83. The fourth-order valence-electron chi connectivity index (χ4n) is 3.67. The smallest absolute Gasteiger partial charge is 0.0377 e. The molecule has 1 aliphatic heterocycles. The number of nitrogens with zero attached hydrogens (tertiary/aromatic N) is 1. The monoisotopic (exact) mass is 322 g/mol. The number of benzene rings is 1. The molecule has 3 heteroatoms. The molecule has 1 aliphatic carbocycles. The van der Waals surface area contributed by atoms with Crippen LogP contribution in [0.3, 0.4) is 0 Å². The molecule has 0 spiro atoms. The van der Waals surface area contributed by atoms with Crippen molar-refractivity contribution in [2.24, 2.45) is 5.92 Å². The number of hydrogen-bond acceptors (Lipinski definition) is 2. The van der Waals surface area contributed by atoms with Crippen LogP contribution in [0.1, 0.15) is 37.3 Å². The molecule has 1 N–H and O–H groups in total. The lowest BCUT2D eigenvalue weighted by Gasteiger charge is -2.38. The topological polar surface area (TPSA) is 15.3 Å². The van der Waals surface area contributed by atoms with Crippen LogP contribution in [-0.4, -0.2) is 31.1 Å². The number of rotatable bonds is 3. The summed E-state index contributed by atoms with van der Waals surface area (Å²) in [5.74, 6) is 0.860. The zero-order chi connectivity index (χ0) is 13.1. The second kappa shape index (κ2) is 6.38. The SMILES string of the molecule is Brc1ccc([C@@H](C2CCCC2)N2CCNCC2)cc1. The van der Waals surface area contributed by atoms with Gasteiger partial charge in [0.05, 0.1) is 0 Å². The minimum Gasteiger partial charge on any atom is -0.314 e. The largest absolute Gasteiger partial charge is 0.314 e. The molecule has 1 aromatic rings. The van der Waals surface area contributed by atoms with Crippen molar-refractivity contribution in [2.45, 2.75) is 31.7 Å². The van der Waals surface area contributed by atoms with Gasteiger partial charge in [-0.1, -0.05) is 40.9 Å². The van der Waals surface area contributed by atoms with Gasteiger partial charge in [-0.05, 0) is 36.5 Å². The molecule has 1 saturated heterocycles. The maximum absolute atomic E-state index is 3.55. The lowest BCUT2D eigenvalue weighted by atomic mass is 9.90. The second-order valence-corrected chi connectivity index (χ2v) is 6.74. The van der Waals surface area contributed by atoms with Crippen molar-refractivity contribution in [3.63, 3.8) is 0 Å². The lowest BCUT2D eigenvalue weighted by molar-refractivity contribution is 0.125. The third-order valence-electron chi connectivity index (χ3n) is 4.60. The lowest BCUT2D eigenvalue weighted by Crippen LogP contribution is -2.46. The van der Waals surface area contributed by atoms with Gasteiger partial charge in [-0.25, -0.2) is 0 Å². The van der Waals surface area contributed by atoms with E-state index < -0.39 is 0 Å². The molecule has 3 rings (SSSR count). The van der Waals surface area contributed by atoms with E-state index in [2.05, 4.69) is 50.4 Å². The Bertz CT molecular complexity index is 392. The molecule has 0 amide bonds. The number of halogens is 1. The van der Waals surface area contributed by atoms with Gasteiger partial charge in [0, 0.05) is 36.7 Å². The zero-order valence-corrected chi connectivity index (χ0v) is 13.0. The Morgan fingerprint density at radius 1 is 1.05 bits per heavy atom. The Morgan fingerprint density at radius 2 is 1.68 bits per heavy atom. The van der Waals surface area contributed by atoms with Crippen LogP contribution in [0.2, 0.25) is 0 Å². The molecule has 0 radical (unpaired) electrons. The molecular weight excluding hydrogens is 300 g/mol. The summed E-state index contributed by atoms with van der Waals surface area (Å²) >= 11 is 3.55. The van der Waals surface area contributed by atoms with Crippen molar-refractivity contribution in [1.82, 2.24) is 10.2 Å². The van der Waals surface area contributed by atoms with E-state index in [1.807, 2.05) is 0 Å². The van der Waals surface area contributed by atoms with Crippen LogP contribution in [0.4, 0.5) is 0 Å². The first-order valence-corrected chi connectivity index (χ1v) is 8.34. The van der Waals surface area contributed by atoms with Gasteiger partial charge >= 0.3 is 0 Å². The highest BCUT2D eigenvalue weighted by atomic mass is 79.9. The van der Waals surface area contributed by atoms with Gasteiger partial charge in [-0.15, -0.1) is 0 Å². The van der Waals surface area contributed by atoms with Crippen LogP contribution in [-0.2, 0) is 0 Å². The molecule has 2 fully saturated rings. The molecule has 0 bridgehead atoms. The van der Waals surface area contributed by atoms with Crippen molar-refractivity contribution in [2.75, 3.05) is 26.2 Å². The first-order valence-electron chi connectivity index (χ1n) is 7.55. The molecule has 104 valence electrons. The van der Waals surface area contributed by atoms with Gasteiger partial charge in [-0.2, -0.15) is 0 Å². The highest BCUT2D eigenvalue weighted by Crippen LogP contribution is 2.39. The van der Waals surface area contributed by atoms with Crippen molar-refractivity contribution < 1.29 is 0 Å². The van der Waals surface area contributed by atoms with E-state index in [9.17, 15) is 0 Å². The Balaban J connectivity index is 1.83. The van der Waals surface area contributed by atoms with Gasteiger partial charge in [0.25, 0.3) is 0 Å². The summed E-state index contributed by atoms with van der Waals surface area (Å²) in [7, 11) is 0. The van der Waals surface area contributed by atoms with E-state index in [0.29, 0.717) is 6.04 Å². The third-order valence-corrected chi connectivity index (χ3v) is 5.13. The fourth-order valence-corrected chi connectivity index (χ4v) is 3.94. The molecule has 2 nitrogen and oxygen atoms in total. The van der Waals surface area contributed by atoms with Crippen molar-refractivity contribution in [3.05, 3.63) is 34.3 Å². The molecule has 1 atom stereocenters. The summed E-state index contributed by atoms with van der Waals surface area (Å²) in [6.45, 7) is 4.66. The fraction of sp³-hybridized carbons (Fsp3) is 0.625. The summed E-state index contributed by atoms with van der Waals surface area (Å²) in [4.78, 5) is 2.70. The summed E-state index contributed by atoms with van der Waals surface area (Å²) in [6, 6.07) is 9.65. The summed E-state index contributed by atoms with van der Waals surface area (Å²) in [6.07, 6.45) is 5.66. The molecular formula is C16H23BrN2. The van der Waals surface area contributed by atoms with Gasteiger partial charge in [0.15, 0.2) is 0 Å². The molecule has 1 heterocycles. The molecule has 2 aliphatic rings. The minimum absolute atomic E-state index is 0.637. The first kappa shape index (κ1) is 13.6. The van der Waals surface area contributed by atoms with Gasteiger partial charge in [0.2, 0.25) is 0 Å². The van der Waals surface area contributed by atoms with Crippen molar-refractivity contribution in [3.8, 4) is 0 Å². The predicted molar refractivity (Wildman–Crippen MR) is 83.3 cm³/mol. The molecule has 19 heavy (non-hydrogen) atoms. The summed E-state index contributed by atoms with van der Waals surface area (Å²) in [5.41, 5.74) is 1.51. The Hall–Kier alpha value is -0.380.